The third kappa shape index (κ3) is 3.20. The molecule has 1 aromatic carbocycles. The number of likely N-dealkylation sites (tertiary alicyclic amines) is 1. The molecule has 0 aromatic heterocycles. The van der Waals surface area contributed by atoms with Crippen molar-refractivity contribution < 1.29 is 13.6 Å². The van der Waals surface area contributed by atoms with Crippen molar-refractivity contribution in [1.29, 1.82) is 0 Å². The quantitative estimate of drug-likeness (QED) is 0.858. The van der Waals surface area contributed by atoms with Crippen LogP contribution in [0.2, 0.25) is 0 Å². The normalized spacial score (nSPS) is 19.6. The Labute approximate surface area is 108 Å². The van der Waals surface area contributed by atoms with Gasteiger partial charge in [0.05, 0.1) is 0 Å². The second-order valence-electron chi connectivity index (χ2n) is 4.20. The van der Waals surface area contributed by atoms with E-state index in [2.05, 4.69) is 0 Å². The summed E-state index contributed by atoms with van der Waals surface area (Å²) in [6.07, 6.45) is 0.811. The Morgan fingerprint density at radius 1 is 1.39 bits per heavy atom. The van der Waals surface area contributed by atoms with E-state index in [0.717, 1.165) is 6.42 Å². The number of halogens is 2. The second-order valence-corrected chi connectivity index (χ2v) is 5.27. The van der Waals surface area contributed by atoms with E-state index in [4.69, 9.17) is 5.73 Å². The van der Waals surface area contributed by atoms with Gasteiger partial charge >= 0.3 is 0 Å². The highest BCUT2D eigenvalue weighted by Gasteiger charge is 2.24. The first kappa shape index (κ1) is 13.3. The Hall–Kier alpha value is -1.14. The molecular formula is C12H14F2N2OS. The molecule has 1 fully saturated rings. The molecule has 0 bridgehead atoms. The lowest BCUT2D eigenvalue weighted by Crippen LogP contribution is -2.31. The Morgan fingerprint density at radius 2 is 2.06 bits per heavy atom. The fraction of sp³-hybridized carbons (Fsp3) is 0.417. The van der Waals surface area contributed by atoms with E-state index < -0.39 is 5.76 Å². The summed E-state index contributed by atoms with van der Waals surface area (Å²) in [4.78, 5) is 14.2. The summed E-state index contributed by atoms with van der Waals surface area (Å²) in [5.41, 5.74) is 6.26. The minimum Gasteiger partial charge on any atom is -0.337 e. The van der Waals surface area contributed by atoms with Crippen molar-refractivity contribution in [3.63, 3.8) is 0 Å². The van der Waals surface area contributed by atoms with Gasteiger partial charge in [-0.3, -0.25) is 4.79 Å². The van der Waals surface area contributed by atoms with Crippen molar-refractivity contribution in [1.82, 2.24) is 4.90 Å². The molecule has 1 aliphatic heterocycles. The van der Waals surface area contributed by atoms with E-state index in [1.807, 2.05) is 0 Å². The maximum atomic E-state index is 12.1. The Bertz CT molecular complexity index is 425. The molecule has 0 saturated carbocycles. The molecule has 1 atom stereocenters. The molecule has 1 amide bonds. The van der Waals surface area contributed by atoms with Crippen molar-refractivity contribution in [2.75, 3.05) is 13.1 Å². The predicted octanol–water partition coefficient (Wildman–Crippen LogP) is 2.17. The fourth-order valence-corrected chi connectivity index (χ4v) is 2.43. The molecule has 0 unspecified atom stereocenters. The summed E-state index contributed by atoms with van der Waals surface area (Å²) >= 11 is 0.473. The van der Waals surface area contributed by atoms with Crippen LogP contribution in [0.25, 0.3) is 0 Å². The standard InChI is InChI=1S/C12H14F2N2OS/c13-12(14)18-10-3-1-8(2-4-10)11(17)16-6-5-9(15)7-16/h1-4,9,12H,5-7,15H2/t9-/m1/s1. The summed E-state index contributed by atoms with van der Waals surface area (Å²) in [5.74, 6) is -2.53. The van der Waals surface area contributed by atoms with E-state index >= 15 is 0 Å². The monoisotopic (exact) mass is 272 g/mol. The van der Waals surface area contributed by atoms with Crippen molar-refractivity contribution in [3.05, 3.63) is 29.8 Å². The van der Waals surface area contributed by atoms with Gasteiger partial charge in [0.25, 0.3) is 11.7 Å². The van der Waals surface area contributed by atoms with E-state index in [-0.39, 0.29) is 11.9 Å². The first-order chi connectivity index (χ1) is 8.56. The lowest BCUT2D eigenvalue weighted by Gasteiger charge is -2.15. The summed E-state index contributed by atoms with van der Waals surface area (Å²) in [6.45, 7) is 1.22. The van der Waals surface area contributed by atoms with Gasteiger partial charge in [0.2, 0.25) is 0 Å². The number of benzene rings is 1. The van der Waals surface area contributed by atoms with Gasteiger partial charge in [0, 0.05) is 29.6 Å². The maximum absolute atomic E-state index is 12.1. The van der Waals surface area contributed by atoms with Crippen molar-refractivity contribution in [3.8, 4) is 0 Å². The Morgan fingerprint density at radius 3 is 2.56 bits per heavy atom. The van der Waals surface area contributed by atoms with Crippen LogP contribution in [0, 0.1) is 0 Å². The predicted molar refractivity (Wildman–Crippen MR) is 66.8 cm³/mol. The lowest BCUT2D eigenvalue weighted by molar-refractivity contribution is 0.0791. The molecule has 1 saturated heterocycles. The largest absolute Gasteiger partial charge is 0.337 e. The molecule has 0 aliphatic carbocycles. The van der Waals surface area contributed by atoms with Gasteiger partial charge < -0.3 is 10.6 Å². The molecule has 2 N–H and O–H groups in total. The first-order valence-corrected chi connectivity index (χ1v) is 6.54. The number of carbonyl (C=O) groups excluding carboxylic acids is 1. The number of thioether (sulfide) groups is 1. The van der Waals surface area contributed by atoms with Crippen molar-refractivity contribution in [2.45, 2.75) is 23.1 Å². The lowest BCUT2D eigenvalue weighted by atomic mass is 10.2. The zero-order valence-corrected chi connectivity index (χ0v) is 10.5. The molecule has 18 heavy (non-hydrogen) atoms. The zero-order valence-electron chi connectivity index (χ0n) is 9.68. The molecule has 2 rings (SSSR count). The number of nitrogens with zero attached hydrogens (tertiary/aromatic N) is 1. The summed E-state index contributed by atoms with van der Waals surface area (Å²) in [6, 6.07) is 6.29. The molecule has 3 nitrogen and oxygen atoms in total. The number of amides is 1. The third-order valence-electron chi connectivity index (χ3n) is 2.84. The van der Waals surface area contributed by atoms with Crippen LogP contribution in [0.1, 0.15) is 16.8 Å². The maximum Gasteiger partial charge on any atom is 0.288 e. The van der Waals surface area contributed by atoms with E-state index in [9.17, 15) is 13.6 Å². The van der Waals surface area contributed by atoms with Crippen LogP contribution in [0.4, 0.5) is 8.78 Å². The molecule has 0 radical (unpaired) electrons. The molecular weight excluding hydrogens is 258 g/mol. The van der Waals surface area contributed by atoms with Gasteiger partial charge in [0.1, 0.15) is 0 Å². The van der Waals surface area contributed by atoms with Crippen LogP contribution in [0.3, 0.4) is 0 Å². The topological polar surface area (TPSA) is 46.3 Å². The second kappa shape index (κ2) is 5.67. The number of hydrogen-bond acceptors (Lipinski definition) is 3. The van der Waals surface area contributed by atoms with Gasteiger partial charge in [-0.2, -0.15) is 8.78 Å². The SMILES string of the molecule is N[C@@H]1CCN(C(=O)c2ccc(SC(F)F)cc2)C1. The Kier molecular flexibility index (Phi) is 4.19. The van der Waals surface area contributed by atoms with Crippen LogP contribution in [-0.4, -0.2) is 35.7 Å². The number of carbonyl (C=O) groups is 1. The number of alkyl halides is 2. The smallest absolute Gasteiger partial charge is 0.288 e. The summed E-state index contributed by atoms with van der Waals surface area (Å²) < 4.78 is 24.3. The molecule has 1 aromatic rings. The van der Waals surface area contributed by atoms with Crippen LogP contribution < -0.4 is 5.73 Å². The minimum absolute atomic E-state index is 0.0441. The zero-order chi connectivity index (χ0) is 13.1. The average Bonchev–Trinajstić information content (AvgIpc) is 2.75. The highest BCUT2D eigenvalue weighted by molar-refractivity contribution is 7.99. The van der Waals surface area contributed by atoms with E-state index in [1.54, 1.807) is 29.2 Å². The molecule has 1 heterocycles. The number of hydrogen-bond donors (Lipinski definition) is 1. The fourth-order valence-electron chi connectivity index (χ4n) is 1.93. The van der Waals surface area contributed by atoms with E-state index in [1.165, 1.54) is 0 Å². The minimum atomic E-state index is -2.44. The van der Waals surface area contributed by atoms with Gasteiger partial charge in [0.15, 0.2) is 0 Å². The molecule has 0 spiro atoms. The van der Waals surface area contributed by atoms with Crippen molar-refractivity contribution >= 4 is 17.7 Å². The number of rotatable bonds is 3. The van der Waals surface area contributed by atoms with Crippen molar-refractivity contribution in [2.24, 2.45) is 5.73 Å². The molecule has 6 heteroatoms. The summed E-state index contributed by atoms with van der Waals surface area (Å²) in [7, 11) is 0. The molecule has 98 valence electrons. The van der Waals surface area contributed by atoms with Crippen LogP contribution in [-0.2, 0) is 0 Å². The van der Waals surface area contributed by atoms with E-state index in [0.29, 0.717) is 35.3 Å². The Balaban J connectivity index is 2.03. The highest BCUT2D eigenvalue weighted by Crippen LogP contribution is 2.25. The van der Waals surface area contributed by atoms with Gasteiger partial charge in [-0.15, -0.1) is 0 Å². The highest BCUT2D eigenvalue weighted by atomic mass is 32.2. The number of nitrogens with two attached hydrogens (primary N) is 1. The molecule has 1 aliphatic rings. The van der Waals surface area contributed by atoms with Crippen LogP contribution in [0.5, 0.6) is 0 Å². The average molecular weight is 272 g/mol. The first-order valence-electron chi connectivity index (χ1n) is 5.66. The van der Waals surface area contributed by atoms with Gasteiger partial charge in [-0.05, 0) is 30.7 Å². The third-order valence-corrected chi connectivity index (χ3v) is 3.56. The van der Waals surface area contributed by atoms with Crippen LogP contribution >= 0.6 is 11.8 Å². The van der Waals surface area contributed by atoms with Gasteiger partial charge in [-0.25, -0.2) is 0 Å². The van der Waals surface area contributed by atoms with Gasteiger partial charge in [-0.1, -0.05) is 11.8 Å². The van der Waals surface area contributed by atoms with Crippen LogP contribution in [0.15, 0.2) is 29.2 Å². The summed E-state index contributed by atoms with van der Waals surface area (Å²) in [5, 5.41) is 0.